The topological polar surface area (TPSA) is 63.3 Å². The van der Waals surface area contributed by atoms with E-state index >= 15 is 0 Å². The first-order valence-corrected chi connectivity index (χ1v) is 2.57. The van der Waals surface area contributed by atoms with Gasteiger partial charge in [-0.3, -0.25) is 4.79 Å². The normalized spacial score (nSPS) is 12.0. The molecule has 0 heterocycles. The van der Waals surface area contributed by atoms with Crippen molar-refractivity contribution in [1.29, 1.82) is 0 Å². The van der Waals surface area contributed by atoms with Gasteiger partial charge in [-0.05, 0) is 0 Å². The third-order valence-corrected chi connectivity index (χ3v) is 0.817. The van der Waals surface area contributed by atoms with Crippen molar-refractivity contribution in [2.24, 2.45) is 5.73 Å². The molecular formula is C6H9NO2. The van der Waals surface area contributed by atoms with E-state index in [4.69, 9.17) is 17.3 Å². The highest BCUT2D eigenvalue weighted by Crippen LogP contribution is 1.91. The van der Waals surface area contributed by atoms with Crippen LogP contribution in [0.5, 0.6) is 0 Å². The van der Waals surface area contributed by atoms with E-state index in [0.29, 0.717) is 6.42 Å². The lowest BCUT2D eigenvalue weighted by Gasteiger charge is -2.01. The van der Waals surface area contributed by atoms with E-state index in [2.05, 4.69) is 5.92 Å². The predicted molar refractivity (Wildman–Crippen MR) is 33.7 cm³/mol. The molecule has 9 heavy (non-hydrogen) atoms. The zero-order chi connectivity index (χ0) is 7.28. The average Bonchev–Trinajstić information content (AvgIpc) is 1.63. The molecule has 3 heteroatoms. The summed E-state index contributed by atoms with van der Waals surface area (Å²) in [7, 11) is 0. The smallest absolute Gasteiger partial charge is 0.304 e. The fraction of sp³-hybridized carbons (Fsp3) is 0.500. The highest BCUT2D eigenvalue weighted by Gasteiger charge is 2.04. The number of carboxylic acids is 1. The first-order valence-electron chi connectivity index (χ1n) is 2.57. The Bertz CT molecular complexity index is 136. The molecule has 0 unspecified atom stereocenters. The van der Waals surface area contributed by atoms with Crippen LogP contribution >= 0.6 is 0 Å². The molecule has 0 aromatic heterocycles. The van der Waals surface area contributed by atoms with Crippen molar-refractivity contribution in [3.05, 3.63) is 0 Å². The maximum absolute atomic E-state index is 9.94. The van der Waals surface area contributed by atoms with Crippen molar-refractivity contribution in [2.75, 3.05) is 0 Å². The van der Waals surface area contributed by atoms with Crippen LogP contribution in [0.1, 0.15) is 12.8 Å². The van der Waals surface area contributed by atoms with Crippen molar-refractivity contribution in [2.45, 2.75) is 18.9 Å². The lowest BCUT2D eigenvalue weighted by atomic mass is 10.2. The number of terminal acetylenes is 1. The van der Waals surface area contributed by atoms with Gasteiger partial charge in [0, 0.05) is 12.5 Å². The van der Waals surface area contributed by atoms with E-state index in [0.717, 1.165) is 0 Å². The summed E-state index contributed by atoms with van der Waals surface area (Å²) in [5, 5.41) is 8.16. The Labute approximate surface area is 53.9 Å². The van der Waals surface area contributed by atoms with Gasteiger partial charge in [0.1, 0.15) is 0 Å². The Balaban J connectivity index is 3.40. The molecule has 50 valence electrons. The summed E-state index contributed by atoms with van der Waals surface area (Å²) in [5.74, 6) is 1.38. The first-order chi connectivity index (χ1) is 4.16. The monoisotopic (exact) mass is 127 g/mol. The van der Waals surface area contributed by atoms with Gasteiger partial charge in [-0.2, -0.15) is 0 Å². The van der Waals surface area contributed by atoms with E-state index < -0.39 is 12.0 Å². The fourth-order valence-corrected chi connectivity index (χ4v) is 0.448. The molecule has 0 saturated heterocycles. The van der Waals surface area contributed by atoms with Crippen LogP contribution in [0.2, 0.25) is 0 Å². The maximum Gasteiger partial charge on any atom is 0.304 e. The van der Waals surface area contributed by atoms with Crippen molar-refractivity contribution in [3.63, 3.8) is 0 Å². The van der Waals surface area contributed by atoms with Crippen LogP contribution in [-0.4, -0.2) is 17.1 Å². The van der Waals surface area contributed by atoms with Crippen LogP contribution in [0.15, 0.2) is 0 Å². The molecular weight excluding hydrogens is 118 g/mol. The van der Waals surface area contributed by atoms with Gasteiger partial charge < -0.3 is 10.8 Å². The molecule has 1 atom stereocenters. The number of nitrogens with two attached hydrogens (primary N) is 1. The average molecular weight is 127 g/mol. The van der Waals surface area contributed by atoms with Gasteiger partial charge >= 0.3 is 5.97 Å². The molecule has 0 bridgehead atoms. The molecule has 0 radical (unpaired) electrons. The Morgan fingerprint density at radius 2 is 2.44 bits per heavy atom. The van der Waals surface area contributed by atoms with Crippen LogP contribution in [-0.2, 0) is 4.79 Å². The van der Waals surface area contributed by atoms with E-state index in [-0.39, 0.29) is 6.42 Å². The van der Waals surface area contributed by atoms with Crippen LogP contribution in [0.3, 0.4) is 0 Å². The molecule has 0 saturated carbocycles. The van der Waals surface area contributed by atoms with Crippen LogP contribution in [0.25, 0.3) is 0 Å². The minimum absolute atomic E-state index is 0.0514. The SMILES string of the molecule is C#CC[C@H](N)CC(=O)O. The molecule has 0 aromatic rings. The summed E-state index contributed by atoms with van der Waals surface area (Å²) >= 11 is 0. The van der Waals surface area contributed by atoms with E-state index in [1.54, 1.807) is 0 Å². The second-order valence-electron chi connectivity index (χ2n) is 1.77. The number of aliphatic carboxylic acids is 1. The third kappa shape index (κ3) is 4.85. The highest BCUT2D eigenvalue weighted by atomic mass is 16.4. The van der Waals surface area contributed by atoms with E-state index in [1.807, 2.05) is 0 Å². The molecule has 0 spiro atoms. The van der Waals surface area contributed by atoms with Crippen LogP contribution in [0.4, 0.5) is 0 Å². The zero-order valence-corrected chi connectivity index (χ0v) is 5.00. The number of rotatable bonds is 3. The van der Waals surface area contributed by atoms with Crippen molar-refractivity contribution in [1.82, 2.24) is 0 Å². The molecule has 3 N–H and O–H groups in total. The summed E-state index contributed by atoms with van der Waals surface area (Å²) in [6.45, 7) is 0. The Kier molecular flexibility index (Phi) is 3.49. The zero-order valence-electron chi connectivity index (χ0n) is 5.00. The molecule has 3 nitrogen and oxygen atoms in total. The summed E-state index contributed by atoms with van der Waals surface area (Å²) in [5.41, 5.74) is 5.26. The minimum Gasteiger partial charge on any atom is -0.481 e. The molecule has 0 aliphatic carbocycles. The second-order valence-corrected chi connectivity index (χ2v) is 1.77. The van der Waals surface area contributed by atoms with Gasteiger partial charge in [-0.15, -0.1) is 12.3 Å². The highest BCUT2D eigenvalue weighted by molar-refractivity contribution is 5.67. The Morgan fingerprint density at radius 1 is 1.89 bits per heavy atom. The lowest BCUT2D eigenvalue weighted by Crippen LogP contribution is -2.22. The first kappa shape index (κ1) is 7.99. The molecule has 0 rings (SSSR count). The van der Waals surface area contributed by atoms with E-state index in [9.17, 15) is 4.79 Å². The summed E-state index contributed by atoms with van der Waals surface area (Å²) in [6, 6.07) is -0.396. The fourth-order valence-electron chi connectivity index (χ4n) is 0.448. The number of carboxylic acid groups (broad SMARTS) is 1. The molecule has 0 aromatic carbocycles. The molecule has 0 aliphatic rings. The second kappa shape index (κ2) is 3.93. The quantitative estimate of drug-likeness (QED) is 0.516. The van der Waals surface area contributed by atoms with E-state index in [1.165, 1.54) is 0 Å². The summed E-state index contributed by atoms with van der Waals surface area (Å²) < 4.78 is 0. The standard InChI is InChI=1S/C6H9NO2/c1-2-3-5(7)4-6(8)9/h1,5H,3-4,7H2,(H,8,9)/t5-/m0/s1. The molecule has 0 fully saturated rings. The summed E-state index contributed by atoms with van der Waals surface area (Å²) in [4.78, 5) is 9.94. The molecule has 0 aliphatic heterocycles. The number of hydrogen-bond donors (Lipinski definition) is 2. The predicted octanol–water partition coefficient (Wildman–Crippen LogP) is -0.188. The third-order valence-electron chi connectivity index (χ3n) is 0.817. The number of hydrogen-bond acceptors (Lipinski definition) is 2. The summed E-state index contributed by atoms with van der Waals surface area (Å²) in [6.07, 6.45) is 5.16. The Morgan fingerprint density at radius 3 is 2.78 bits per heavy atom. The van der Waals surface area contributed by atoms with Crippen molar-refractivity contribution < 1.29 is 9.90 Å². The Hall–Kier alpha value is -1.01. The van der Waals surface area contributed by atoms with Crippen LogP contribution in [0, 0.1) is 12.3 Å². The molecule has 0 amide bonds. The largest absolute Gasteiger partial charge is 0.481 e. The van der Waals surface area contributed by atoms with Crippen molar-refractivity contribution >= 4 is 5.97 Å². The number of carbonyl (C=O) groups is 1. The minimum atomic E-state index is -0.905. The van der Waals surface area contributed by atoms with Crippen LogP contribution < -0.4 is 5.73 Å². The maximum atomic E-state index is 9.94. The van der Waals surface area contributed by atoms with Gasteiger partial charge in [0.15, 0.2) is 0 Å². The van der Waals surface area contributed by atoms with Crippen molar-refractivity contribution in [3.8, 4) is 12.3 Å². The van der Waals surface area contributed by atoms with Gasteiger partial charge in [-0.1, -0.05) is 0 Å². The van der Waals surface area contributed by atoms with Gasteiger partial charge in [0.25, 0.3) is 0 Å². The van der Waals surface area contributed by atoms with Gasteiger partial charge in [-0.25, -0.2) is 0 Å². The lowest BCUT2D eigenvalue weighted by molar-refractivity contribution is -0.137. The van der Waals surface area contributed by atoms with Gasteiger partial charge in [0.2, 0.25) is 0 Å². The van der Waals surface area contributed by atoms with Gasteiger partial charge in [0.05, 0.1) is 6.42 Å².